The first kappa shape index (κ1) is 9.93. The van der Waals surface area contributed by atoms with Crippen LogP contribution in [0.25, 0.3) is 0 Å². The third kappa shape index (κ3) is 2.25. The Balaban J connectivity index is 1.81. The molecular formula is C10H19N3O. The summed E-state index contributed by atoms with van der Waals surface area (Å²) in [7, 11) is 0. The van der Waals surface area contributed by atoms with Gasteiger partial charge in [0, 0.05) is 25.0 Å². The summed E-state index contributed by atoms with van der Waals surface area (Å²) in [6.45, 7) is 5.24. The zero-order valence-corrected chi connectivity index (χ0v) is 8.68. The molecule has 0 aromatic carbocycles. The Morgan fingerprint density at radius 3 is 2.93 bits per heavy atom. The number of piperidine rings is 1. The molecule has 0 bridgehead atoms. The monoisotopic (exact) mass is 197 g/mol. The van der Waals surface area contributed by atoms with E-state index in [0.29, 0.717) is 24.4 Å². The molecule has 0 spiro atoms. The van der Waals surface area contributed by atoms with E-state index in [2.05, 4.69) is 22.9 Å². The highest BCUT2D eigenvalue weighted by Gasteiger charge is 2.27. The van der Waals surface area contributed by atoms with E-state index < -0.39 is 0 Å². The molecule has 0 aromatic rings. The van der Waals surface area contributed by atoms with Crippen molar-refractivity contribution in [2.75, 3.05) is 19.6 Å². The van der Waals surface area contributed by atoms with Crippen LogP contribution >= 0.6 is 0 Å². The fourth-order valence-electron chi connectivity index (χ4n) is 2.29. The van der Waals surface area contributed by atoms with Crippen LogP contribution in [0, 0.1) is 5.92 Å². The summed E-state index contributed by atoms with van der Waals surface area (Å²) >= 11 is 0. The summed E-state index contributed by atoms with van der Waals surface area (Å²) in [6.07, 6.45) is 1.82. The van der Waals surface area contributed by atoms with Crippen molar-refractivity contribution >= 4 is 5.91 Å². The van der Waals surface area contributed by atoms with E-state index in [4.69, 9.17) is 0 Å². The van der Waals surface area contributed by atoms with Gasteiger partial charge in [0.25, 0.3) is 0 Å². The van der Waals surface area contributed by atoms with Crippen molar-refractivity contribution < 1.29 is 4.79 Å². The van der Waals surface area contributed by atoms with Crippen molar-refractivity contribution in [3.63, 3.8) is 0 Å². The molecule has 2 aliphatic rings. The van der Waals surface area contributed by atoms with Crippen LogP contribution in [0.5, 0.6) is 0 Å². The largest absolute Gasteiger partial charge is 0.354 e. The molecule has 3 atom stereocenters. The molecule has 2 fully saturated rings. The van der Waals surface area contributed by atoms with Gasteiger partial charge < -0.3 is 16.0 Å². The van der Waals surface area contributed by atoms with Crippen LogP contribution in [-0.4, -0.2) is 37.6 Å². The van der Waals surface area contributed by atoms with E-state index in [1.165, 1.54) is 6.42 Å². The first-order valence-corrected chi connectivity index (χ1v) is 5.49. The predicted octanol–water partition coefficient (Wildman–Crippen LogP) is -0.537. The van der Waals surface area contributed by atoms with Crippen LogP contribution in [0.1, 0.15) is 19.8 Å². The lowest BCUT2D eigenvalue weighted by Gasteiger charge is -2.32. The van der Waals surface area contributed by atoms with E-state index in [9.17, 15) is 4.79 Å². The number of hydrogen-bond donors (Lipinski definition) is 3. The molecule has 0 aliphatic carbocycles. The Bertz CT molecular complexity index is 219. The van der Waals surface area contributed by atoms with Crippen molar-refractivity contribution in [3.8, 4) is 0 Å². The average Bonchev–Trinajstić information content (AvgIpc) is 2.56. The summed E-state index contributed by atoms with van der Waals surface area (Å²) in [6, 6.07) is 0.932. The summed E-state index contributed by atoms with van der Waals surface area (Å²) in [5.41, 5.74) is 0. The molecule has 2 aliphatic heterocycles. The molecule has 1 amide bonds. The summed E-state index contributed by atoms with van der Waals surface area (Å²) < 4.78 is 0. The molecule has 4 heteroatoms. The fourth-order valence-corrected chi connectivity index (χ4v) is 2.29. The van der Waals surface area contributed by atoms with Crippen molar-refractivity contribution in [3.05, 3.63) is 0 Å². The smallest absolute Gasteiger partial charge is 0.221 e. The number of amides is 1. The number of rotatable bonds is 2. The molecule has 14 heavy (non-hydrogen) atoms. The molecule has 2 heterocycles. The summed E-state index contributed by atoms with van der Waals surface area (Å²) in [5.74, 6) is 0.850. The maximum Gasteiger partial charge on any atom is 0.221 e. The number of carbonyl (C=O) groups is 1. The molecule has 2 saturated heterocycles. The second kappa shape index (κ2) is 4.28. The summed E-state index contributed by atoms with van der Waals surface area (Å²) in [4.78, 5) is 11.0. The van der Waals surface area contributed by atoms with Crippen LogP contribution in [0.2, 0.25) is 0 Å². The molecular weight excluding hydrogens is 178 g/mol. The Labute approximate surface area is 84.8 Å². The van der Waals surface area contributed by atoms with Gasteiger partial charge in [-0.15, -0.1) is 0 Å². The van der Waals surface area contributed by atoms with Gasteiger partial charge >= 0.3 is 0 Å². The lowest BCUT2D eigenvalue weighted by molar-refractivity contribution is -0.119. The van der Waals surface area contributed by atoms with Crippen molar-refractivity contribution in [2.45, 2.75) is 31.8 Å². The second-order valence-electron chi connectivity index (χ2n) is 4.45. The van der Waals surface area contributed by atoms with E-state index in [0.717, 1.165) is 19.6 Å². The second-order valence-corrected chi connectivity index (χ2v) is 4.45. The predicted molar refractivity (Wildman–Crippen MR) is 55.0 cm³/mol. The van der Waals surface area contributed by atoms with Gasteiger partial charge in [-0.2, -0.15) is 0 Å². The molecule has 0 saturated carbocycles. The lowest BCUT2D eigenvalue weighted by Crippen LogP contribution is -2.50. The number of hydrogen-bond acceptors (Lipinski definition) is 3. The molecule has 3 N–H and O–H groups in total. The standard InChI is InChI=1S/C10H19N3O/c1-7-5-11-3-2-9(7)13-8-4-10(14)12-6-8/h7-9,11,13H,2-6H2,1H3,(H,12,14). The Hall–Kier alpha value is -0.610. The SMILES string of the molecule is CC1CNCCC1NC1CNC(=O)C1. The Morgan fingerprint density at radius 1 is 1.43 bits per heavy atom. The van der Waals surface area contributed by atoms with Gasteiger partial charge in [0.1, 0.15) is 0 Å². The van der Waals surface area contributed by atoms with Gasteiger partial charge in [0.15, 0.2) is 0 Å². The normalized spacial score (nSPS) is 38.4. The van der Waals surface area contributed by atoms with Crippen LogP contribution in [0.4, 0.5) is 0 Å². The number of carbonyl (C=O) groups excluding carboxylic acids is 1. The molecule has 0 radical (unpaired) electrons. The van der Waals surface area contributed by atoms with Crippen molar-refractivity contribution in [1.82, 2.24) is 16.0 Å². The molecule has 0 aromatic heterocycles. The highest BCUT2D eigenvalue weighted by molar-refractivity contribution is 5.78. The topological polar surface area (TPSA) is 53.2 Å². The third-order valence-electron chi connectivity index (χ3n) is 3.21. The van der Waals surface area contributed by atoms with E-state index >= 15 is 0 Å². The maximum atomic E-state index is 11.0. The van der Waals surface area contributed by atoms with Crippen molar-refractivity contribution in [2.24, 2.45) is 5.92 Å². The van der Waals surface area contributed by atoms with Crippen LogP contribution < -0.4 is 16.0 Å². The van der Waals surface area contributed by atoms with Gasteiger partial charge in [-0.3, -0.25) is 4.79 Å². The quantitative estimate of drug-likeness (QED) is 0.557. The minimum absolute atomic E-state index is 0.184. The third-order valence-corrected chi connectivity index (χ3v) is 3.21. The minimum atomic E-state index is 0.184. The van der Waals surface area contributed by atoms with Gasteiger partial charge in [0.05, 0.1) is 0 Å². The molecule has 80 valence electrons. The van der Waals surface area contributed by atoms with Gasteiger partial charge in [-0.25, -0.2) is 0 Å². The van der Waals surface area contributed by atoms with Crippen LogP contribution in [0.15, 0.2) is 0 Å². The first-order valence-electron chi connectivity index (χ1n) is 5.49. The average molecular weight is 197 g/mol. The minimum Gasteiger partial charge on any atom is -0.354 e. The first-order chi connectivity index (χ1) is 6.75. The highest BCUT2D eigenvalue weighted by atomic mass is 16.1. The van der Waals surface area contributed by atoms with Gasteiger partial charge in [-0.1, -0.05) is 6.92 Å². The number of nitrogens with one attached hydrogen (secondary N) is 3. The molecule has 4 nitrogen and oxygen atoms in total. The van der Waals surface area contributed by atoms with Crippen molar-refractivity contribution in [1.29, 1.82) is 0 Å². The zero-order valence-electron chi connectivity index (χ0n) is 8.68. The summed E-state index contributed by atoms with van der Waals surface area (Å²) in [5, 5.41) is 9.81. The fraction of sp³-hybridized carbons (Fsp3) is 0.900. The molecule has 3 unspecified atom stereocenters. The van der Waals surface area contributed by atoms with Gasteiger partial charge in [-0.05, 0) is 25.4 Å². The van der Waals surface area contributed by atoms with Gasteiger partial charge in [0.2, 0.25) is 5.91 Å². The van der Waals surface area contributed by atoms with E-state index in [-0.39, 0.29) is 5.91 Å². The molecule has 2 rings (SSSR count). The Morgan fingerprint density at radius 2 is 2.29 bits per heavy atom. The highest BCUT2D eigenvalue weighted by Crippen LogP contribution is 2.12. The Kier molecular flexibility index (Phi) is 3.03. The van der Waals surface area contributed by atoms with Crippen LogP contribution in [-0.2, 0) is 4.79 Å². The van der Waals surface area contributed by atoms with E-state index in [1.807, 2.05) is 0 Å². The van der Waals surface area contributed by atoms with E-state index in [1.54, 1.807) is 0 Å². The van der Waals surface area contributed by atoms with Crippen LogP contribution in [0.3, 0.4) is 0 Å². The lowest BCUT2D eigenvalue weighted by atomic mass is 9.94. The maximum absolute atomic E-state index is 11.0. The zero-order chi connectivity index (χ0) is 9.97.